The number of ether oxygens (including phenoxy) is 2. The molecule has 0 atom stereocenters. The van der Waals surface area contributed by atoms with Crippen LogP contribution in [-0.4, -0.2) is 32.7 Å². The lowest BCUT2D eigenvalue weighted by molar-refractivity contribution is -0.122. The molecule has 0 aliphatic rings. The van der Waals surface area contributed by atoms with E-state index >= 15 is 0 Å². The molecule has 1 aromatic carbocycles. The summed E-state index contributed by atoms with van der Waals surface area (Å²) >= 11 is 3.38. The molecule has 2 N–H and O–H groups in total. The van der Waals surface area contributed by atoms with Crippen molar-refractivity contribution < 1.29 is 14.3 Å². The third-order valence-corrected chi connectivity index (χ3v) is 2.76. The lowest BCUT2D eigenvalue weighted by Gasteiger charge is -2.06. The number of benzene rings is 1. The van der Waals surface area contributed by atoms with E-state index in [1.807, 2.05) is 18.2 Å². The van der Waals surface area contributed by atoms with Gasteiger partial charge < -0.3 is 15.2 Å². The van der Waals surface area contributed by atoms with Crippen LogP contribution in [0.3, 0.4) is 0 Å². The van der Waals surface area contributed by atoms with Gasteiger partial charge in [0.1, 0.15) is 12.4 Å². The molecule has 0 aromatic heterocycles. The van der Waals surface area contributed by atoms with E-state index in [2.05, 4.69) is 15.9 Å². The third-order valence-electron chi connectivity index (χ3n) is 2.14. The number of halogens is 1. The summed E-state index contributed by atoms with van der Waals surface area (Å²) in [5.41, 5.74) is 6.19. The number of hydrogen-bond donors (Lipinski definition) is 1. The monoisotopic (exact) mass is 301 g/mol. The first kappa shape index (κ1) is 14.2. The number of nitrogens with two attached hydrogens (primary N) is 1. The van der Waals surface area contributed by atoms with E-state index in [0.29, 0.717) is 19.6 Å². The molecule has 5 heteroatoms. The summed E-state index contributed by atoms with van der Waals surface area (Å²) < 4.78 is 11.0. The fourth-order valence-corrected chi connectivity index (χ4v) is 1.96. The molecule has 1 aromatic rings. The maximum absolute atomic E-state index is 11.5. The number of rotatable bonds is 7. The Hall–Kier alpha value is -0.910. The second-order valence-corrected chi connectivity index (χ2v) is 4.38. The van der Waals surface area contributed by atoms with Crippen LogP contribution in [0.25, 0.3) is 0 Å². The molecule has 0 radical (unpaired) electrons. The second-order valence-electron chi connectivity index (χ2n) is 3.53. The number of carbonyl (C=O) groups is 1. The highest BCUT2D eigenvalue weighted by Gasteiger charge is 2.06. The Bertz CT molecular complexity index is 382. The van der Waals surface area contributed by atoms with Crippen molar-refractivity contribution in [1.82, 2.24) is 0 Å². The molecule has 0 bridgehead atoms. The maximum atomic E-state index is 11.5. The summed E-state index contributed by atoms with van der Waals surface area (Å²) in [6, 6.07) is 5.57. The lowest BCUT2D eigenvalue weighted by atomic mass is 10.1. The molecule has 0 heterocycles. The van der Waals surface area contributed by atoms with Crippen LogP contribution >= 0.6 is 15.9 Å². The highest BCUT2D eigenvalue weighted by Crippen LogP contribution is 2.25. The molecule has 1 rings (SSSR count). The van der Waals surface area contributed by atoms with Crippen LogP contribution in [0.2, 0.25) is 0 Å². The smallest absolute Gasteiger partial charge is 0.162 e. The molecule has 0 unspecified atom stereocenters. The molecule has 0 spiro atoms. The van der Waals surface area contributed by atoms with Gasteiger partial charge in [0.15, 0.2) is 5.78 Å². The molecule has 0 aliphatic carbocycles. The minimum atomic E-state index is 0.0375. The van der Waals surface area contributed by atoms with E-state index in [0.717, 1.165) is 15.8 Å². The molecule has 0 saturated carbocycles. The molecule has 0 amide bonds. The zero-order valence-electron chi connectivity index (χ0n) is 9.74. The van der Waals surface area contributed by atoms with Crippen molar-refractivity contribution in [2.75, 3.05) is 26.9 Å². The van der Waals surface area contributed by atoms with Crippen molar-refractivity contribution >= 4 is 21.7 Å². The number of hydrogen-bond acceptors (Lipinski definition) is 4. The van der Waals surface area contributed by atoms with E-state index in [9.17, 15) is 4.79 Å². The first-order valence-electron chi connectivity index (χ1n) is 5.29. The Labute approximate surface area is 109 Å². The van der Waals surface area contributed by atoms with E-state index in [1.54, 1.807) is 7.11 Å². The van der Waals surface area contributed by atoms with Gasteiger partial charge in [-0.3, -0.25) is 4.79 Å². The quantitative estimate of drug-likeness (QED) is 0.776. The topological polar surface area (TPSA) is 61.5 Å². The van der Waals surface area contributed by atoms with Crippen molar-refractivity contribution in [1.29, 1.82) is 0 Å². The van der Waals surface area contributed by atoms with Gasteiger partial charge in [0, 0.05) is 13.0 Å². The Morgan fingerprint density at radius 3 is 2.82 bits per heavy atom. The van der Waals surface area contributed by atoms with E-state index in [4.69, 9.17) is 15.2 Å². The van der Waals surface area contributed by atoms with Gasteiger partial charge in [-0.2, -0.15) is 0 Å². The fraction of sp³-hybridized carbons (Fsp3) is 0.417. The van der Waals surface area contributed by atoms with Crippen molar-refractivity contribution in [3.8, 4) is 5.75 Å². The average Bonchev–Trinajstić information content (AvgIpc) is 2.29. The molecule has 0 saturated heterocycles. The van der Waals surface area contributed by atoms with Gasteiger partial charge in [0.25, 0.3) is 0 Å². The first-order chi connectivity index (χ1) is 8.17. The zero-order chi connectivity index (χ0) is 12.7. The summed E-state index contributed by atoms with van der Waals surface area (Å²) in [6.45, 7) is 0.959. The zero-order valence-corrected chi connectivity index (χ0v) is 11.3. The fourth-order valence-electron chi connectivity index (χ4n) is 1.37. The van der Waals surface area contributed by atoms with Crippen molar-refractivity contribution in [2.24, 2.45) is 5.73 Å². The summed E-state index contributed by atoms with van der Waals surface area (Å²) in [4.78, 5) is 11.5. The number of Topliss-reactive ketones (excluding diaryl/α,β-unsaturated/α-hetero) is 1. The van der Waals surface area contributed by atoms with Gasteiger partial charge in [-0.05, 0) is 33.6 Å². The summed E-state index contributed by atoms with van der Waals surface area (Å²) in [5, 5.41) is 0. The van der Waals surface area contributed by atoms with Crippen LogP contribution in [0, 0.1) is 0 Å². The first-order valence-corrected chi connectivity index (χ1v) is 6.08. The number of ketones is 1. The van der Waals surface area contributed by atoms with E-state index < -0.39 is 0 Å². The largest absolute Gasteiger partial charge is 0.496 e. The molecule has 0 fully saturated rings. The summed E-state index contributed by atoms with van der Waals surface area (Å²) in [7, 11) is 1.60. The standard InChI is InChI=1S/C12H16BrNO3/c1-16-12-3-2-9(7-11(12)13)6-10(15)8-17-5-4-14/h2-3,7H,4-6,8,14H2,1H3. The van der Waals surface area contributed by atoms with Crippen LogP contribution in [0.4, 0.5) is 0 Å². The van der Waals surface area contributed by atoms with Crippen LogP contribution in [0.5, 0.6) is 5.75 Å². The Balaban J connectivity index is 2.51. The third kappa shape index (κ3) is 4.85. The van der Waals surface area contributed by atoms with Crippen LogP contribution in [-0.2, 0) is 16.0 Å². The maximum Gasteiger partial charge on any atom is 0.162 e. The van der Waals surface area contributed by atoms with Gasteiger partial charge in [-0.25, -0.2) is 0 Å². The van der Waals surface area contributed by atoms with Crippen molar-refractivity contribution in [2.45, 2.75) is 6.42 Å². The van der Waals surface area contributed by atoms with Crippen LogP contribution < -0.4 is 10.5 Å². The number of methoxy groups -OCH3 is 1. The second kappa shape index (κ2) is 7.42. The average molecular weight is 302 g/mol. The van der Waals surface area contributed by atoms with Gasteiger partial charge >= 0.3 is 0 Å². The predicted molar refractivity (Wildman–Crippen MR) is 69.3 cm³/mol. The lowest BCUT2D eigenvalue weighted by Crippen LogP contribution is -2.16. The van der Waals surface area contributed by atoms with Crippen molar-refractivity contribution in [3.05, 3.63) is 28.2 Å². The minimum Gasteiger partial charge on any atom is -0.496 e. The molecular weight excluding hydrogens is 286 g/mol. The normalized spacial score (nSPS) is 10.3. The predicted octanol–water partition coefficient (Wildman–Crippen LogP) is 1.54. The van der Waals surface area contributed by atoms with Crippen molar-refractivity contribution in [3.63, 3.8) is 0 Å². The molecule has 4 nitrogen and oxygen atoms in total. The van der Waals surface area contributed by atoms with Gasteiger partial charge in [-0.15, -0.1) is 0 Å². The highest BCUT2D eigenvalue weighted by molar-refractivity contribution is 9.10. The summed E-state index contributed by atoms with van der Waals surface area (Å²) in [5.74, 6) is 0.788. The van der Waals surface area contributed by atoms with E-state index in [1.165, 1.54) is 0 Å². The molecule has 0 aliphatic heterocycles. The van der Waals surface area contributed by atoms with Crippen LogP contribution in [0.1, 0.15) is 5.56 Å². The Morgan fingerprint density at radius 2 is 2.24 bits per heavy atom. The minimum absolute atomic E-state index is 0.0375. The highest BCUT2D eigenvalue weighted by atomic mass is 79.9. The molecule has 17 heavy (non-hydrogen) atoms. The van der Waals surface area contributed by atoms with Gasteiger partial charge in [0.05, 0.1) is 18.2 Å². The van der Waals surface area contributed by atoms with Crippen LogP contribution in [0.15, 0.2) is 22.7 Å². The summed E-state index contributed by atoms with van der Waals surface area (Å²) in [6.07, 6.45) is 0.354. The number of carbonyl (C=O) groups excluding carboxylic acids is 1. The molecule has 94 valence electrons. The Kier molecular flexibility index (Phi) is 6.18. The molecular formula is C12H16BrNO3. The van der Waals surface area contributed by atoms with Gasteiger partial charge in [-0.1, -0.05) is 6.07 Å². The van der Waals surface area contributed by atoms with Gasteiger partial charge in [0.2, 0.25) is 0 Å². The SMILES string of the molecule is COc1ccc(CC(=O)COCCN)cc1Br. The van der Waals surface area contributed by atoms with E-state index in [-0.39, 0.29) is 12.4 Å². The Morgan fingerprint density at radius 1 is 1.47 bits per heavy atom.